The molecule has 1 atom stereocenters. The van der Waals surface area contributed by atoms with Crippen LogP contribution in [0.15, 0.2) is 283 Å². The molecule has 0 bridgehead atoms. The molecule has 0 fully saturated rings. The van der Waals surface area contributed by atoms with Crippen LogP contribution >= 0.6 is 11.8 Å². The van der Waals surface area contributed by atoms with E-state index in [9.17, 15) is 0 Å². The normalized spacial score (nSPS) is 14.1. The summed E-state index contributed by atoms with van der Waals surface area (Å²) in [5, 5.41) is 5.46. The molecule has 0 radical (unpaired) electrons. The Kier molecular flexibility index (Phi) is 10.5. The molecule has 330 valence electrons. The molecule has 0 N–H and O–H groups in total. The van der Waals surface area contributed by atoms with E-state index in [-0.39, 0.29) is 0 Å². The number of nitrogens with zero attached hydrogens (tertiary/aromatic N) is 1. The summed E-state index contributed by atoms with van der Waals surface area (Å²) in [5.74, 6) is 1.88. The standard InChI is InChI=1S/C66H45NOSSi/c1-4-14-46(15-5-1)49-24-34-54(35-25-49)67(55-36-26-50(27-37-55)47-16-6-2-7-17-47)56-38-28-51(29-39-56)53-32-42-58(43-33-53)70(57-40-30-52(31-41-57)48-18-8-3-9-19-48)63-23-13-10-20-59(63)65-64(70)45-44-62-66(65)68-60-21-11-12-22-61(60)69-62/h1-45H. The van der Waals surface area contributed by atoms with Crippen molar-refractivity contribution in [2.75, 3.05) is 4.90 Å². The van der Waals surface area contributed by atoms with Crippen LogP contribution in [0.25, 0.3) is 55.6 Å². The Balaban J connectivity index is 0.894. The predicted octanol–water partition coefficient (Wildman–Crippen LogP) is 15.4. The van der Waals surface area contributed by atoms with Crippen molar-refractivity contribution in [3.8, 4) is 67.1 Å². The first-order chi connectivity index (χ1) is 34.7. The summed E-state index contributed by atoms with van der Waals surface area (Å²) >= 11 is 1.80. The summed E-state index contributed by atoms with van der Waals surface area (Å²) in [6, 6.07) is 99.8. The molecule has 2 aliphatic heterocycles. The van der Waals surface area contributed by atoms with Crippen LogP contribution < -0.4 is 30.4 Å². The lowest BCUT2D eigenvalue weighted by atomic mass is 10.0. The molecule has 11 aromatic rings. The van der Waals surface area contributed by atoms with Crippen LogP contribution in [0.1, 0.15) is 0 Å². The fraction of sp³-hybridized carbons (Fsp3) is 0. The molecule has 0 spiro atoms. The topological polar surface area (TPSA) is 12.5 Å². The third-order valence-corrected chi connectivity index (χ3v) is 20.0. The molecule has 11 aromatic carbocycles. The lowest BCUT2D eigenvalue weighted by Crippen LogP contribution is -2.72. The van der Waals surface area contributed by atoms with Gasteiger partial charge in [0.2, 0.25) is 0 Å². The molecule has 2 nitrogen and oxygen atoms in total. The highest BCUT2D eigenvalue weighted by Crippen LogP contribution is 2.51. The Morgan fingerprint density at radius 1 is 0.300 bits per heavy atom. The lowest BCUT2D eigenvalue weighted by molar-refractivity contribution is 0.457. The summed E-state index contributed by atoms with van der Waals surface area (Å²) < 4.78 is 6.92. The number of hydrogen-bond donors (Lipinski definition) is 0. The van der Waals surface area contributed by atoms with Gasteiger partial charge in [-0.05, 0) is 125 Å². The third-order valence-electron chi connectivity index (χ3n) is 14.1. The van der Waals surface area contributed by atoms with Gasteiger partial charge in [0.1, 0.15) is 11.5 Å². The van der Waals surface area contributed by atoms with Crippen molar-refractivity contribution in [1.82, 2.24) is 0 Å². The Morgan fingerprint density at radius 3 is 1.16 bits per heavy atom. The van der Waals surface area contributed by atoms with Crippen LogP contribution in [0.3, 0.4) is 0 Å². The van der Waals surface area contributed by atoms with Crippen molar-refractivity contribution >= 4 is 57.6 Å². The van der Waals surface area contributed by atoms with Gasteiger partial charge in [0.05, 0.1) is 9.79 Å². The second-order valence-electron chi connectivity index (χ2n) is 18.0. The SMILES string of the molecule is c1ccc(-c2ccc(N(c3ccc(-c4ccccc4)cc3)c3ccc(-c4ccc([Si]5(c6ccc(-c7ccccc7)cc6)c6ccccc6-c6c5ccc5c6Oc6ccccc6S5)cc4)cc3)cc2)cc1. The van der Waals surface area contributed by atoms with Gasteiger partial charge in [-0.25, -0.2) is 0 Å². The van der Waals surface area contributed by atoms with Crippen molar-refractivity contribution < 1.29 is 4.74 Å². The second-order valence-corrected chi connectivity index (χ2v) is 22.8. The summed E-state index contributed by atoms with van der Waals surface area (Å²) in [5.41, 5.74) is 15.4. The highest BCUT2D eigenvalue weighted by molar-refractivity contribution is 7.99. The minimum atomic E-state index is -2.87. The molecule has 2 aliphatic rings. The van der Waals surface area contributed by atoms with Gasteiger partial charge in [0, 0.05) is 22.6 Å². The number of rotatable bonds is 9. The van der Waals surface area contributed by atoms with E-state index in [0.717, 1.165) is 38.4 Å². The molecule has 0 aliphatic carbocycles. The van der Waals surface area contributed by atoms with Gasteiger partial charge in [0.25, 0.3) is 0 Å². The third kappa shape index (κ3) is 7.20. The number of fused-ring (bicyclic) bond motifs is 6. The minimum Gasteiger partial charge on any atom is -0.454 e. The summed E-state index contributed by atoms with van der Waals surface area (Å²) in [4.78, 5) is 4.65. The van der Waals surface area contributed by atoms with E-state index in [1.165, 1.54) is 76.4 Å². The van der Waals surface area contributed by atoms with E-state index in [1.807, 2.05) is 0 Å². The maximum atomic E-state index is 6.92. The molecule has 70 heavy (non-hydrogen) atoms. The molecule has 0 aromatic heterocycles. The van der Waals surface area contributed by atoms with Gasteiger partial charge in [-0.15, -0.1) is 0 Å². The molecule has 1 unspecified atom stereocenters. The van der Waals surface area contributed by atoms with Gasteiger partial charge < -0.3 is 9.64 Å². The number of para-hydroxylation sites is 1. The summed E-state index contributed by atoms with van der Waals surface area (Å²) in [6.45, 7) is 0. The van der Waals surface area contributed by atoms with E-state index in [0.29, 0.717) is 0 Å². The van der Waals surface area contributed by atoms with Crippen LogP contribution in [-0.4, -0.2) is 8.07 Å². The smallest absolute Gasteiger partial charge is 0.181 e. The van der Waals surface area contributed by atoms with Crippen molar-refractivity contribution in [3.63, 3.8) is 0 Å². The highest BCUT2D eigenvalue weighted by atomic mass is 32.2. The van der Waals surface area contributed by atoms with Gasteiger partial charge in [-0.1, -0.05) is 230 Å². The van der Waals surface area contributed by atoms with Crippen molar-refractivity contribution in [1.29, 1.82) is 0 Å². The molecular weight excluding hydrogens is 883 g/mol. The Hall–Kier alpha value is -8.41. The molecule has 0 saturated heterocycles. The second kappa shape index (κ2) is 17.6. The molecule has 13 rings (SSSR count). The first kappa shape index (κ1) is 41.7. The fourth-order valence-electron chi connectivity index (χ4n) is 10.7. The summed E-state index contributed by atoms with van der Waals surface area (Å²) in [6.07, 6.45) is 0. The monoisotopic (exact) mass is 927 g/mol. The lowest BCUT2D eigenvalue weighted by Gasteiger charge is -2.32. The number of ether oxygens (including phenoxy) is 1. The quantitative estimate of drug-likeness (QED) is 0.134. The Bertz CT molecular complexity index is 3570. The van der Waals surface area contributed by atoms with Gasteiger partial charge in [0.15, 0.2) is 8.07 Å². The zero-order valence-corrected chi connectivity index (χ0v) is 40.1. The van der Waals surface area contributed by atoms with Gasteiger partial charge in [-0.3, -0.25) is 0 Å². The van der Waals surface area contributed by atoms with Crippen LogP contribution in [0.2, 0.25) is 0 Å². The zero-order valence-electron chi connectivity index (χ0n) is 38.2. The minimum absolute atomic E-state index is 0.915. The van der Waals surface area contributed by atoms with E-state index >= 15 is 0 Å². The van der Waals surface area contributed by atoms with E-state index in [1.54, 1.807) is 11.8 Å². The zero-order chi connectivity index (χ0) is 46.4. The number of anilines is 3. The highest BCUT2D eigenvalue weighted by Gasteiger charge is 2.50. The molecule has 0 saturated carbocycles. The Labute approximate surface area is 414 Å². The van der Waals surface area contributed by atoms with Crippen molar-refractivity contribution in [2.24, 2.45) is 0 Å². The van der Waals surface area contributed by atoms with Gasteiger partial charge in [-0.2, -0.15) is 0 Å². The van der Waals surface area contributed by atoms with Crippen LogP contribution in [0, 0.1) is 0 Å². The van der Waals surface area contributed by atoms with Crippen molar-refractivity contribution in [3.05, 3.63) is 273 Å². The average molecular weight is 928 g/mol. The Morgan fingerprint density at radius 2 is 0.686 bits per heavy atom. The van der Waals surface area contributed by atoms with Gasteiger partial charge >= 0.3 is 0 Å². The maximum Gasteiger partial charge on any atom is 0.181 e. The molecule has 2 heterocycles. The van der Waals surface area contributed by atoms with E-state index < -0.39 is 8.07 Å². The first-order valence-corrected chi connectivity index (χ1v) is 26.7. The van der Waals surface area contributed by atoms with E-state index in [4.69, 9.17) is 4.74 Å². The molecule has 0 amide bonds. The summed E-state index contributed by atoms with van der Waals surface area (Å²) in [7, 11) is -2.87. The van der Waals surface area contributed by atoms with Crippen LogP contribution in [0.5, 0.6) is 11.5 Å². The van der Waals surface area contributed by atoms with Crippen LogP contribution in [0.4, 0.5) is 17.1 Å². The predicted molar refractivity (Wildman–Crippen MR) is 296 cm³/mol. The largest absolute Gasteiger partial charge is 0.454 e. The first-order valence-electron chi connectivity index (χ1n) is 23.9. The molecule has 4 heteroatoms. The van der Waals surface area contributed by atoms with Crippen LogP contribution in [-0.2, 0) is 0 Å². The fourth-order valence-corrected chi connectivity index (χ4v) is 16.8. The maximum absolute atomic E-state index is 6.92. The number of hydrogen-bond acceptors (Lipinski definition) is 3. The van der Waals surface area contributed by atoms with Crippen molar-refractivity contribution in [2.45, 2.75) is 9.79 Å². The number of benzene rings is 11. The average Bonchev–Trinajstić information content (AvgIpc) is 3.75. The van der Waals surface area contributed by atoms with E-state index in [2.05, 4.69) is 278 Å². The molecular formula is C66H45NOSSi.